The Labute approximate surface area is 192 Å². The molecular weight excluding hydrogens is 424 g/mol. The van der Waals surface area contributed by atoms with Gasteiger partial charge in [-0.1, -0.05) is 26.8 Å². The van der Waals surface area contributed by atoms with Crippen LogP contribution in [0, 0.1) is 11.3 Å². The van der Waals surface area contributed by atoms with Gasteiger partial charge in [-0.3, -0.25) is 4.79 Å². The molecular formula is C25H28N2O2S2. The van der Waals surface area contributed by atoms with Gasteiger partial charge in [-0.05, 0) is 71.9 Å². The fraction of sp³-hybridized carbons (Fsp3) is 0.360. The van der Waals surface area contributed by atoms with E-state index in [0.29, 0.717) is 5.92 Å². The monoisotopic (exact) mass is 452 g/mol. The highest BCUT2D eigenvalue weighted by Crippen LogP contribution is 2.45. The summed E-state index contributed by atoms with van der Waals surface area (Å²) in [4.78, 5) is 20.5. The molecule has 4 nitrogen and oxygen atoms in total. The summed E-state index contributed by atoms with van der Waals surface area (Å²) in [6.45, 7) is 6.93. The van der Waals surface area contributed by atoms with Crippen LogP contribution in [0.3, 0.4) is 0 Å². The van der Waals surface area contributed by atoms with Crippen molar-refractivity contribution >= 4 is 45.5 Å². The van der Waals surface area contributed by atoms with Gasteiger partial charge in [0.1, 0.15) is 10.8 Å². The lowest BCUT2D eigenvalue weighted by Crippen LogP contribution is -2.27. The van der Waals surface area contributed by atoms with E-state index in [0.717, 1.165) is 46.1 Å². The van der Waals surface area contributed by atoms with Gasteiger partial charge in [0.2, 0.25) is 0 Å². The number of aliphatic imine (C=N–C) groups is 1. The second-order valence-corrected chi connectivity index (χ2v) is 11.0. The standard InChI is InChI=1S/C25H28N2O2S2/c1-25(2,3)16-7-12-20-21(14-16)31-24(26-15-19-6-5-13-30-19)22(20)23(28)27-17-8-10-18(29-4)11-9-17/h5-6,8-11,13,15-16H,7,12,14H2,1-4H3,(H,27,28)/t16-/m1/s1. The fourth-order valence-corrected chi connectivity index (χ4v) is 5.84. The number of carbonyl (C=O) groups excluding carboxylic acids is 1. The molecule has 0 fully saturated rings. The number of carbonyl (C=O) groups is 1. The summed E-state index contributed by atoms with van der Waals surface area (Å²) in [5, 5.41) is 5.90. The number of nitrogens with zero attached hydrogens (tertiary/aromatic N) is 1. The number of nitrogens with one attached hydrogen (secondary N) is 1. The molecule has 2 heterocycles. The zero-order valence-electron chi connectivity index (χ0n) is 18.4. The molecule has 4 rings (SSSR count). The normalized spacial score (nSPS) is 16.3. The zero-order valence-corrected chi connectivity index (χ0v) is 20.0. The smallest absolute Gasteiger partial charge is 0.259 e. The Bertz CT molecular complexity index is 1070. The molecule has 6 heteroatoms. The summed E-state index contributed by atoms with van der Waals surface area (Å²) in [7, 11) is 1.63. The van der Waals surface area contributed by atoms with Gasteiger partial charge in [0.05, 0.1) is 12.7 Å². The van der Waals surface area contributed by atoms with Crippen LogP contribution < -0.4 is 10.1 Å². The summed E-state index contributed by atoms with van der Waals surface area (Å²) in [5.74, 6) is 1.29. The first-order chi connectivity index (χ1) is 14.8. The van der Waals surface area contributed by atoms with Crippen LogP contribution in [-0.2, 0) is 12.8 Å². The number of hydrogen-bond donors (Lipinski definition) is 1. The van der Waals surface area contributed by atoms with E-state index in [4.69, 9.17) is 9.73 Å². The topological polar surface area (TPSA) is 50.7 Å². The van der Waals surface area contributed by atoms with Crippen LogP contribution in [0.4, 0.5) is 10.7 Å². The minimum absolute atomic E-state index is 0.0878. The second-order valence-electron chi connectivity index (χ2n) is 8.95. The molecule has 1 aliphatic carbocycles. The van der Waals surface area contributed by atoms with E-state index in [-0.39, 0.29) is 11.3 Å². The lowest BCUT2D eigenvalue weighted by atomic mass is 9.72. The Hall–Kier alpha value is -2.44. The van der Waals surface area contributed by atoms with Crippen LogP contribution in [-0.4, -0.2) is 19.2 Å². The molecule has 0 bridgehead atoms. The Morgan fingerprint density at radius 2 is 2.00 bits per heavy atom. The first-order valence-corrected chi connectivity index (χ1v) is 12.2. The predicted molar refractivity (Wildman–Crippen MR) is 132 cm³/mol. The molecule has 0 unspecified atom stereocenters. The van der Waals surface area contributed by atoms with Crippen molar-refractivity contribution in [1.29, 1.82) is 0 Å². The molecule has 0 radical (unpaired) electrons. The minimum Gasteiger partial charge on any atom is -0.497 e. The molecule has 1 amide bonds. The number of rotatable bonds is 5. The predicted octanol–water partition coefficient (Wildman–Crippen LogP) is 6.97. The third-order valence-electron chi connectivity index (χ3n) is 5.90. The van der Waals surface area contributed by atoms with Crippen LogP contribution in [0.15, 0.2) is 46.8 Å². The number of hydrogen-bond acceptors (Lipinski definition) is 5. The quantitative estimate of drug-likeness (QED) is 0.425. The van der Waals surface area contributed by atoms with Gasteiger partial charge >= 0.3 is 0 Å². The summed E-state index contributed by atoms with van der Waals surface area (Å²) in [6, 6.07) is 11.5. The average Bonchev–Trinajstić information content (AvgIpc) is 3.39. The van der Waals surface area contributed by atoms with Crippen molar-refractivity contribution in [3.05, 3.63) is 62.7 Å². The van der Waals surface area contributed by atoms with Gasteiger partial charge in [-0.2, -0.15) is 0 Å². The molecule has 0 spiro atoms. The van der Waals surface area contributed by atoms with Crippen molar-refractivity contribution in [3.63, 3.8) is 0 Å². The van der Waals surface area contributed by atoms with Gasteiger partial charge in [0.15, 0.2) is 0 Å². The van der Waals surface area contributed by atoms with E-state index in [1.807, 2.05) is 48.0 Å². The summed E-state index contributed by atoms with van der Waals surface area (Å²) >= 11 is 3.32. The lowest BCUT2D eigenvalue weighted by Gasteiger charge is -2.33. The van der Waals surface area contributed by atoms with Crippen molar-refractivity contribution in [3.8, 4) is 5.75 Å². The van der Waals surface area contributed by atoms with Gasteiger partial charge in [0, 0.05) is 21.7 Å². The third kappa shape index (κ3) is 4.91. The Balaban J connectivity index is 1.67. The Morgan fingerprint density at radius 1 is 1.23 bits per heavy atom. The molecule has 31 heavy (non-hydrogen) atoms. The van der Waals surface area contributed by atoms with E-state index in [1.165, 1.54) is 10.4 Å². The average molecular weight is 453 g/mol. The Morgan fingerprint density at radius 3 is 2.65 bits per heavy atom. The summed E-state index contributed by atoms with van der Waals surface area (Å²) in [5.41, 5.74) is 2.92. The number of ether oxygens (including phenoxy) is 1. The van der Waals surface area contributed by atoms with Crippen molar-refractivity contribution < 1.29 is 9.53 Å². The Kier molecular flexibility index (Phi) is 6.30. The number of anilines is 1. The van der Waals surface area contributed by atoms with E-state index >= 15 is 0 Å². The van der Waals surface area contributed by atoms with Gasteiger partial charge < -0.3 is 10.1 Å². The highest BCUT2D eigenvalue weighted by atomic mass is 32.1. The molecule has 1 aliphatic rings. The molecule has 1 atom stereocenters. The SMILES string of the molecule is COc1ccc(NC(=O)c2c(N=Cc3cccs3)sc3c2CC[C@@H](C(C)(C)C)C3)cc1. The van der Waals surface area contributed by atoms with Crippen LogP contribution >= 0.6 is 22.7 Å². The van der Waals surface area contributed by atoms with Crippen molar-refractivity contribution in [2.24, 2.45) is 16.3 Å². The second kappa shape index (κ2) is 8.97. The van der Waals surface area contributed by atoms with Crippen LogP contribution in [0.25, 0.3) is 0 Å². The fourth-order valence-electron chi connectivity index (χ4n) is 3.99. The first kappa shape index (κ1) is 21.8. The molecule has 0 saturated carbocycles. The molecule has 0 aliphatic heterocycles. The highest BCUT2D eigenvalue weighted by Gasteiger charge is 2.33. The van der Waals surface area contributed by atoms with Gasteiger partial charge in [-0.15, -0.1) is 22.7 Å². The molecule has 0 saturated heterocycles. The van der Waals surface area contributed by atoms with Crippen LogP contribution in [0.1, 0.15) is 52.9 Å². The molecule has 3 aromatic rings. The largest absolute Gasteiger partial charge is 0.497 e. The number of methoxy groups -OCH3 is 1. The number of thiophene rings is 2. The van der Waals surface area contributed by atoms with Crippen LogP contribution in [0.2, 0.25) is 0 Å². The third-order valence-corrected chi connectivity index (χ3v) is 7.87. The lowest BCUT2D eigenvalue weighted by molar-refractivity contribution is 0.102. The maximum atomic E-state index is 13.4. The van der Waals surface area contributed by atoms with Crippen LogP contribution in [0.5, 0.6) is 5.75 Å². The molecule has 1 N–H and O–H groups in total. The van der Waals surface area contributed by atoms with Crippen molar-refractivity contribution in [2.75, 3.05) is 12.4 Å². The molecule has 1 aromatic carbocycles. The first-order valence-electron chi connectivity index (χ1n) is 10.5. The van der Waals surface area contributed by atoms with E-state index in [9.17, 15) is 4.79 Å². The number of fused-ring (bicyclic) bond motifs is 1. The summed E-state index contributed by atoms with van der Waals surface area (Å²) in [6.07, 6.45) is 4.91. The van der Waals surface area contributed by atoms with Crippen molar-refractivity contribution in [1.82, 2.24) is 0 Å². The molecule has 2 aromatic heterocycles. The van der Waals surface area contributed by atoms with Gasteiger partial charge in [0.25, 0.3) is 5.91 Å². The van der Waals surface area contributed by atoms with E-state index in [2.05, 4.69) is 26.1 Å². The summed E-state index contributed by atoms with van der Waals surface area (Å²) < 4.78 is 5.22. The highest BCUT2D eigenvalue weighted by molar-refractivity contribution is 7.16. The zero-order chi connectivity index (χ0) is 22.0. The number of benzene rings is 1. The maximum absolute atomic E-state index is 13.4. The number of amides is 1. The van der Waals surface area contributed by atoms with E-state index < -0.39 is 0 Å². The maximum Gasteiger partial charge on any atom is 0.259 e. The van der Waals surface area contributed by atoms with E-state index in [1.54, 1.807) is 29.8 Å². The minimum atomic E-state index is -0.0878. The van der Waals surface area contributed by atoms with Gasteiger partial charge in [-0.25, -0.2) is 4.99 Å². The molecule has 162 valence electrons. The van der Waals surface area contributed by atoms with Crippen molar-refractivity contribution in [2.45, 2.75) is 40.0 Å².